The number of amides is 2. The van der Waals surface area contributed by atoms with Crippen molar-refractivity contribution in [2.45, 2.75) is 44.1 Å². The van der Waals surface area contributed by atoms with Crippen molar-refractivity contribution >= 4 is 44.5 Å². The van der Waals surface area contributed by atoms with Crippen LogP contribution >= 0.6 is 11.8 Å². The van der Waals surface area contributed by atoms with E-state index in [0.29, 0.717) is 10.9 Å². The van der Waals surface area contributed by atoms with Crippen LogP contribution in [0.5, 0.6) is 5.75 Å². The van der Waals surface area contributed by atoms with Crippen molar-refractivity contribution in [2.75, 3.05) is 30.1 Å². The van der Waals surface area contributed by atoms with E-state index in [-0.39, 0.29) is 35.8 Å². The predicted molar refractivity (Wildman–Crippen MR) is 121 cm³/mol. The van der Waals surface area contributed by atoms with Gasteiger partial charge in [0.2, 0.25) is 5.91 Å². The lowest BCUT2D eigenvalue weighted by Crippen LogP contribution is -2.37. The first-order chi connectivity index (χ1) is 14.5. The molecule has 2 heterocycles. The summed E-state index contributed by atoms with van der Waals surface area (Å²) in [6.45, 7) is 5.36. The highest BCUT2D eigenvalue weighted by Crippen LogP contribution is 2.41. The topological polar surface area (TPSA) is 114 Å². The van der Waals surface area contributed by atoms with Gasteiger partial charge in [0.1, 0.15) is 11.4 Å². The number of carbonyl (C=O) groups is 2. The molecule has 9 nitrogen and oxygen atoms in total. The largest absolute Gasteiger partial charge is 0.497 e. The first-order valence-corrected chi connectivity index (χ1v) is 12.6. The number of methoxy groups -OCH3 is 1. The van der Waals surface area contributed by atoms with E-state index in [1.807, 2.05) is 17.0 Å². The lowest BCUT2D eigenvalue weighted by Gasteiger charge is -2.24. The van der Waals surface area contributed by atoms with E-state index in [9.17, 15) is 18.0 Å². The van der Waals surface area contributed by atoms with Crippen molar-refractivity contribution in [1.29, 1.82) is 0 Å². The number of sulfone groups is 1. The third kappa shape index (κ3) is 6.13. The summed E-state index contributed by atoms with van der Waals surface area (Å²) in [6, 6.07) is 6.91. The molecule has 2 fully saturated rings. The average Bonchev–Trinajstić information content (AvgIpc) is 3.11. The Balaban J connectivity index is 1.71. The maximum absolute atomic E-state index is 12.4. The van der Waals surface area contributed by atoms with E-state index in [0.717, 1.165) is 5.69 Å². The smallest absolute Gasteiger partial charge is 0.407 e. The van der Waals surface area contributed by atoms with Gasteiger partial charge < -0.3 is 19.7 Å². The third-order valence-electron chi connectivity index (χ3n) is 4.64. The van der Waals surface area contributed by atoms with Gasteiger partial charge in [-0.2, -0.15) is 4.99 Å². The van der Waals surface area contributed by atoms with Crippen LogP contribution in [0.3, 0.4) is 0 Å². The molecule has 0 aliphatic carbocycles. The summed E-state index contributed by atoms with van der Waals surface area (Å²) in [4.78, 5) is 30.2. The van der Waals surface area contributed by atoms with Crippen LogP contribution in [0, 0.1) is 0 Å². The minimum atomic E-state index is -3.14. The summed E-state index contributed by atoms with van der Waals surface area (Å²) in [6.07, 6.45) is -0.587. The number of anilines is 1. The number of rotatable bonds is 5. The fourth-order valence-electron chi connectivity index (χ4n) is 3.36. The summed E-state index contributed by atoms with van der Waals surface area (Å²) in [5.74, 6) is 0.348. The molecule has 2 atom stereocenters. The molecular formula is C20H27N3O6S2. The maximum Gasteiger partial charge on any atom is 0.407 e. The number of fused-ring (bicyclic) bond motifs is 1. The third-order valence-corrected chi connectivity index (χ3v) is 7.85. The first-order valence-electron chi connectivity index (χ1n) is 9.86. The highest BCUT2D eigenvalue weighted by Gasteiger charge is 2.49. The number of nitrogens with zero attached hydrogens (tertiary/aromatic N) is 2. The lowest BCUT2D eigenvalue weighted by atomic mass is 10.2. The predicted octanol–water partition coefficient (Wildman–Crippen LogP) is 2.21. The maximum atomic E-state index is 12.4. The monoisotopic (exact) mass is 469 g/mol. The van der Waals surface area contributed by atoms with Crippen molar-refractivity contribution in [3.05, 3.63) is 24.3 Å². The Morgan fingerprint density at radius 1 is 1.23 bits per heavy atom. The molecule has 31 heavy (non-hydrogen) atoms. The molecule has 2 amide bonds. The molecule has 1 N–H and O–H groups in total. The standard InChI is InChI=1S/C20H27N3O6S2/c1-20(2,3)29-19(25)21-10-9-17(24)22-18-23(13-5-7-14(28-4)8-6-13)15-11-31(26,27)12-16(15)30-18/h5-8,15-16H,9-12H2,1-4H3,(H,21,25)/t15-,16+/m1/s1. The van der Waals surface area contributed by atoms with Crippen molar-refractivity contribution in [1.82, 2.24) is 5.32 Å². The Kier molecular flexibility index (Phi) is 6.85. The Bertz CT molecular complexity index is 970. The average molecular weight is 470 g/mol. The van der Waals surface area contributed by atoms with E-state index in [2.05, 4.69) is 10.3 Å². The highest BCUT2D eigenvalue weighted by atomic mass is 32.2. The van der Waals surface area contributed by atoms with Gasteiger partial charge in [-0.25, -0.2) is 13.2 Å². The van der Waals surface area contributed by atoms with E-state index in [4.69, 9.17) is 9.47 Å². The molecule has 1 aromatic carbocycles. The van der Waals surface area contributed by atoms with Gasteiger partial charge in [0.05, 0.1) is 24.7 Å². The number of carbonyl (C=O) groups excluding carboxylic acids is 2. The molecular weight excluding hydrogens is 442 g/mol. The Labute approximate surface area is 186 Å². The second-order valence-corrected chi connectivity index (χ2v) is 11.7. The van der Waals surface area contributed by atoms with E-state index in [1.54, 1.807) is 40.0 Å². The van der Waals surface area contributed by atoms with Gasteiger partial charge in [-0.05, 0) is 45.0 Å². The van der Waals surface area contributed by atoms with E-state index in [1.165, 1.54) is 11.8 Å². The van der Waals surface area contributed by atoms with Gasteiger partial charge in [-0.15, -0.1) is 0 Å². The van der Waals surface area contributed by atoms with Gasteiger partial charge in [0.15, 0.2) is 15.0 Å². The van der Waals surface area contributed by atoms with Crippen molar-refractivity contribution < 1.29 is 27.5 Å². The number of hydrogen-bond acceptors (Lipinski definition) is 7. The second kappa shape index (κ2) is 9.07. The van der Waals surface area contributed by atoms with Gasteiger partial charge in [-0.1, -0.05) is 11.8 Å². The summed E-state index contributed by atoms with van der Waals surface area (Å²) in [7, 11) is -1.57. The van der Waals surface area contributed by atoms with Crippen LogP contribution in [-0.2, 0) is 19.4 Å². The summed E-state index contributed by atoms with van der Waals surface area (Å²) < 4.78 is 34.6. The zero-order chi connectivity index (χ0) is 22.8. The molecule has 3 rings (SSSR count). The van der Waals surface area contributed by atoms with E-state index < -0.39 is 27.4 Å². The number of nitrogens with one attached hydrogen (secondary N) is 1. The SMILES string of the molecule is COc1ccc(N2C(=NC(=O)CCNC(=O)OC(C)(C)C)S[C@H]3CS(=O)(=O)C[C@H]32)cc1. The fraction of sp³-hybridized carbons (Fsp3) is 0.550. The molecule has 2 saturated heterocycles. The van der Waals surface area contributed by atoms with E-state index >= 15 is 0 Å². The van der Waals surface area contributed by atoms with Crippen LogP contribution in [0.4, 0.5) is 10.5 Å². The van der Waals surface area contributed by atoms with Gasteiger partial charge in [-0.3, -0.25) is 4.79 Å². The molecule has 0 radical (unpaired) electrons. The van der Waals surface area contributed by atoms with Crippen molar-refractivity contribution in [3.8, 4) is 5.75 Å². The second-order valence-electron chi connectivity index (χ2n) is 8.34. The number of thioether (sulfide) groups is 1. The summed E-state index contributed by atoms with van der Waals surface area (Å²) in [5, 5.41) is 2.82. The Morgan fingerprint density at radius 2 is 1.90 bits per heavy atom. The van der Waals surface area contributed by atoms with Crippen LogP contribution < -0.4 is 15.0 Å². The molecule has 11 heteroatoms. The van der Waals surface area contributed by atoms with Crippen LogP contribution in [0.15, 0.2) is 29.3 Å². The number of alkyl carbamates (subject to hydrolysis) is 1. The molecule has 1 aromatic rings. The Morgan fingerprint density at radius 3 is 2.52 bits per heavy atom. The molecule has 2 aliphatic heterocycles. The number of aliphatic imine (C=N–C) groups is 1. The number of amidine groups is 1. The molecule has 0 unspecified atom stereocenters. The van der Waals surface area contributed by atoms with Gasteiger partial charge in [0, 0.05) is 23.9 Å². The number of hydrogen-bond donors (Lipinski definition) is 1. The quantitative estimate of drug-likeness (QED) is 0.698. The number of benzene rings is 1. The molecule has 0 saturated carbocycles. The van der Waals surface area contributed by atoms with Gasteiger partial charge >= 0.3 is 6.09 Å². The van der Waals surface area contributed by atoms with Crippen LogP contribution in [-0.4, -0.2) is 67.6 Å². The Hall–Kier alpha value is -2.27. The molecule has 2 aliphatic rings. The van der Waals surface area contributed by atoms with Crippen molar-refractivity contribution in [3.63, 3.8) is 0 Å². The molecule has 0 bridgehead atoms. The lowest BCUT2D eigenvalue weighted by molar-refractivity contribution is -0.117. The summed E-state index contributed by atoms with van der Waals surface area (Å²) in [5.41, 5.74) is 0.127. The molecule has 0 spiro atoms. The summed E-state index contributed by atoms with van der Waals surface area (Å²) >= 11 is 1.31. The fourth-order valence-corrected chi connectivity index (χ4v) is 7.29. The van der Waals surface area contributed by atoms with Crippen LogP contribution in [0.1, 0.15) is 27.2 Å². The first kappa shape index (κ1) is 23.4. The van der Waals surface area contributed by atoms with Crippen LogP contribution in [0.2, 0.25) is 0 Å². The van der Waals surface area contributed by atoms with Gasteiger partial charge in [0.25, 0.3) is 0 Å². The zero-order valence-electron chi connectivity index (χ0n) is 18.0. The van der Waals surface area contributed by atoms with Crippen LogP contribution in [0.25, 0.3) is 0 Å². The zero-order valence-corrected chi connectivity index (χ0v) is 19.6. The number of ether oxygens (including phenoxy) is 2. The minimum absolute atomic E-state index is 0.00733. The highest BCUT2D eigenvalue weighted by molar-refractivity contribution is 8.16. The molecule has 0 aromatic heterocycles. The minimum Gasteiger partial charge on any atom is -0.497 e. The molecule has 170 valence electrons. The normalized spacial score (nSPS) is 23.5. The van der Waals surface area contributed by atoms with Crippen molar-refractivity contribution in [2.24, 2.45) is 4.99 Å².